The van der Waals surface area contributed by atoms with E-state index in [2.05, 4.69) is 10.2 Å². The number of nitrogens with one attached hydrogen (secondary N) is 1. The van der Waals surface area contributed by atoms with E-state index in [-0.39, 0.29) is 5.78 Å². The quantitative estimate of drug-likeness (QED) is 0.760. The topological polar surface area (TPSA) is 69.6 Å². The minimum atomic E-state index is -0.968. The Morgan fingerprint density at radius 2 is 1.64 bits per heavy atom. The maximum Gasteiger partial charge on any atom is 0.330 e. The molecular weight excluding hydrogens is 352 g/mol. The molecule has 3 saturated heterocycles. The molecule has 0 radical (unpaired) electrons. The molecule has 0 saturated carbocycles. The maximum absolute atomic E-state index is 11.4. The van der Waals surface area contributed by atoms with Gasteiger partial charge < -0.3 is 15.3 Å². The molecule has 3 aliphatic rings. The third-order valence-corrected chi connectivity index (χ3v) is 5.52. The van der Waals surface area contributed by atoms with Gasteiger partial charge in [0.15, 0.2) is 11.8 Å². The van der Waals surface area contributed by atoms with Crippen molar-refractivity contribution in [3.8, 4) is 0 Å². The van der Waals surface area contributed by atoms with Crippen molar-refractivity contribution in [1.82, 2.24) is 4.90 Å². The van der Waals surface area contributed by atoms with Crippen molar-refractivity contribution in [2.24, 2.45) is 5.92 Å². The van der Waals surface area contributed by atoms with E-state index < -0.39 is 12.0 Å². The van der Waals surface area contributed by atoms with Gasteiger partial charge in [0.25, 0.3) is 0 Å². The number of hydrogen-bond donors (Lipinski definition) is 2. The number of nitrogens with zero attached hydrogens (tertiary/aromatic N) is 1. The molecule has 2 aromatic carbocycles. The number of hydrogen-bond acceptors (Lipinski definition) is 4. The van der Waals surface area contributed by atoms with Crippen molar-refractivity contribution >= 4 is 17.4 Å². The molecule has 3 fully saturated rings. The molecule has 148 valence electrons. The lowest BCUT2D eigenvalue weighted by atomic mass is 9.89. The van der Waals surface area contributed by atoms with Crippen LogP contribution in [0.2, 0.25) is 0 Å². The Balaban J connectivity index is 0.000000231. The zero-order chi connectivity index (χ0) is 19.9. The molecule has 2 N–H and O–H groups in total. The Morgan fingerprint density at radius 1 is 1.00 bits per heavy atom. The Labute approximate surface area is 166 Å². The highest BCUT2D eigenvalue weighted by Crippen LogP contribution is 2.26. The standard InChI is InChI=1S/C16H15NO3.C7H13N/c1-11(18)13-8-5-9-14(10-13)17-15(16(19)20)12-6-3-2-4-7-12;1-4-8-5-2-7(1)3-6-8/h2-10,15,17H,1H3,(H,19,20);7H,1-6H2. The Morgan fingerprint density at radius 3 is 2.11 bits per heavy atom. The fourth-order valence-electron chi connectivity index (χ4n) is 3.79. The first-order valence-corrected chi connectivity index (χ1v) is 9.90. The highest BCUT2D eigenvalue weighted by molar-refractivity contribution is 5.95. The fraction of sp³-hybridized carbons (Fsp3) is 0.391. The van der Waals surface area contributed by atoms with E-state index in [0.717, 1.165) is 5.92 Å². The summed E-state index contributed by atoms with van der Waals surface area (Å²) in [5.41, 5.74) is 1.81. The minimum absolute atomic E-state index is 0.0553. The summed E-state index contributed by atoms with van der Waals surface area (Å²) >= 11 is 0. The van der Waals surface area contributed by atoms with Gasteiger partial charge >= 0.3 is 5.97 Å². The van der Waals surface area contributed by atoms with Crippen molar-refractivity contribution in [2.45, 2.75) is 32.2 Å². The summed E-state index contributed by atoms with van der Waals surface area (Å²) in [4.78, 5) is 25.3. The summed E-state index contributed by atoms with van der Waals surface area (Å²) in [5.74, 6) is 0.0877. The number of rotatable bonds is 5. The van der Waals surface area contributed by atoms with Crippen molar-refractivity contribution in [1.29, 1.82) is 0 Å². The molecule has 3 aliphatic heterocycles. The van der Waals surface area contributed by atoms with Crippen molar-refractivity contribution in [3.05, 3.63) is 65.7 Å². The van der Waals surface area contributed by atoms with Crippen molar-refractivity contribution < 1.29 is 14.7 Å². The number of anilines is 1. The molecule has 5 nitrogen and oxygen atoms in total. The van der Waals surface area contributed by atoms with E-state index in [1.807, 2.05) is 6.07 Å². The van der Waals surface area contributed by atoms with Gasteiger partial charge in [-0.05, 0) is 69.4 Å². The number of aliphatic carboxylic acids is 1. The predicted molar refractivity (Wildman–Crippen MR) is 111 cm³/mol. The van der Waals surface area contributed by atoms with E-state index in [1.54, 1.807) is 48.5 Å². The molecule has 0 spiro atoms. The largest absolute Gasteiger partial charge is 0.479 e. The third kappa shape index (κ3) is 5.42. The van der Waals surface area contributed by atoms with E-state index in [1.165, 1.54) is 45.8 Å². The van der Waals surface area contributed by atoms with E-state index >= 15 is 0 Å². The lowest BCUT2D eigenvalue weighted by molar-refractivity contribution is -0.138. The van der Waals surface area contributed by atoms with Crippen LogP contribution >= 0.6 is 0 Å². The minimum Gasteiger partial charge on any atom is -0.479 e. The summed E-state index contributed by atoms with van der Waals surface area (Å²) in [6.45, 7) is 5.66. The summed E-state index contributed by atoms with van der Waals surface area (Å²) in [5, 5.41) is 12.3. The van der Waals surface area contributed by atoms with Crippen molar-refractivity contribution in [2.75, 3.05) is 25.0 Å². The third-order valence-electron chi connectivity index (χ3n) is 5.52. The van der Waals surface area contributed by atoms with Gasteiger partial charge in [-0.2, -0.15) is 0 Å². The highest BCUT2D eigenvalue weighted by Gasteiger charge is 2.24. The number of carbonyl (C=O) groups excluding carboxylic acids is 1. The second-order valence-corrected chi connectivity index (χ2v) is 7.54. The molecule has 5 rings (SSSR count). The molecule has 2 bridgehead atoms. The molecule has 3 heterocycles. The van der Waals surface area contributed by atoms with Gasteiger partial charge in [-0.15, -0.1) is 0 Å². The number of piperidine rings is 3. The first-order valence-electron chi connectivity index (χ1n) is 9.90. The molecule has 5 heteroatoms. The van der Waals surface area contributed by atoms with Crippen LogP contribution in [0.15, 0.2) is 54.6 Å². The van der Waals surface area contributed by atoms with Crippen molar-refractivity contribution in [3.63, 3.8) is 0 Å². The van der Waals surface area contributed by atoms with Crippen LogP contribution < -0.4 is 5.32 Å². The zero-order valence-electron chi connectivity index (χ0n) is 16.3. The summed E-state index contributed by atoms with van der Waals surface area (Å²) in [6.07, 6.45) is 4.46. The number of fused-ring (bicyclic) bond motifs is 3. The number of carboxylic acid groups (broad SMARTS) is 1. The first-order chi connectivity index (χ1) is 13.5. The van der Waals surface area contributed by atoms with Gasteiger partial charge in [0.05, 0.1) is 0 Å². The summed E-state index contributed by atoms with van der Waals surface area (Å²) in [7, 11) is 0. The Bertz CT molecular complexity index is 775. The number of benzene rings is 2. The Kier molecular flexibility index (Phi) is 6.82. The summed E-state index contributed by atoms with van der Waals surface area (Å²) in [6, 6.07) is 14.9. The van der Waals surface area contributed by atoms with E-state index in [0.29, 0.717) is 16.8 Å². The van der Waals surface area contributed by atoms with Gasteiger partial charge in [-0.1, -0.05) is 42.5 Å². The Hall–Kier alpha value is -2.66. The van der Waals surface area contributed by atoms with Crippen LogP contribution in [0.25, 0.3) is 0 Å². The summed E-state index contributed by atoms with van der Waals surface area (Å²) < 4.78 is 0. The smallest absolute Gasteiger partial charge is 0.330 e. The molecule has 0 aliphatic carbocycles. The SMILES string of the molecule is C1CN2CCC1CC2.CC(=O)c1cccc(NC(C(=O)O)c2ccccc2)c1. The average Bonchev–Trinajstić information content (AvgIpc) is 2.74. The number of carbonyl (C=O) groups is 2. The lowest BCUT2D eigenvalue weighted by Crippen LogP contribution is -2.41. The van der Waals surface area contributed by atoms with Crippen LogP contribution in [0.5, 0.6) is 0 Å². The van der Waals surface area contributed by atoms with Crippen LogP contribution in [-0.2, 0) is 4.79 Å². The molecule has 2 aromatic rings. The normalized spacial score (nSPS) is 21.2. The van der Waals surface area contributed by atoms with Crippen LogP contribution in [0.3, 0.4) is 0 Å². The molecule has 1 unspecified atom stereocenters. The van der Waals surface area contributed by atoms with E-state index in [4.69, 9.17) is 0 Å². The predicted octanol–water partition coefficient (Wildman–Crippen LogP) is 4.23. The first kappa shape index (κ1) is 20.1. The zero-order valence-corrected chi connectivity index (χ0v) is 16.3. The second-order valence-electron chi connectivity index (χ2n) is 7.54. The molecular formula is C23H28N2O3. The van der Waals surface area contributed by atoms with E-state index in [9.17, 15) is 14.7 Å². The fourth-order valence-corrected chi connectivity index (χ4v) is 3.79. The number of carboxylic acids is 1. The molecule has 0 amide bonds. The maximum atomic E-state index is 11.4. The van der Waals surface area contributed by atoms with Crippen LogP contribution in [0, 0.1) is 5.92 Å². The van der Waals surface area contributed by atoms with Gasteiger partial charge in [0, 0.05) is 11.3 Å². The van der Waals surface area contributed by atoms with Crippen LogP contribution in [-0.4, -0.2) is 41.4 Å². The molecule has 0 aromatic heterocycles. The lowest BCUT2D eigenvalue weighted by Gasteiger charge is -2.38. The monoisotopic (exact) mass is 380 g/mol. The average molecular weight is 380 g/mol. The molecule has 1 atom stereocenters. The highest BCUT2D eigenvalue weighted by atomic mass is 16.4. The van der Waals surface area contributed by atoms with Crippen LogP contribution in [0.4, 0.5) is 5.69 Å². The molecule has 28 heavy (non-hydrogen) atoms. The van der Waals surface area contributed by atoms with Gasteiger partial charge in [0.2, 0.25) is 0 Å². The van der Waals surface area contributed by atoms with Crippen LogP contribution in [0.1, 0.15) is 48.1 Å². The number of Topliss-reactive ketones (excluding diaryl/α,β-unsaturated/α-hetero) is 1. The second kappa shape index (κ2) is 9.51. The van der Waals surface area contributed by atoms with Gasteiger partial charge in [-0.3, -0.25) is 4.79 Å². The number of ketones is 1. The van der Waals surface area contributed by atoms with Gasteiger partial charge in [-0.25, -0.2) is 4.79 Å². The van der Waals surface area contributed by atoms with Gasteiger partial charge in [0.1, 0.15) is 0 Å².